The highest BCUT2D eigenvalue weighted by Crippen LogP contribution is 2.19. The van der Waals surface area contributed by atoms with Gasteiger partial charge < -0.3 is 9.72 Å². The highest BCUT2D eigenvalue weighted by molar-refractivity contribution is 5.77. The molecule has 0 amide bonds. The number of ether oxygens (including phenoxy) is 1. The molecule has 0 spiro atoms. The van der Waals surface area contributed by atoms with Crippen LogP contribution in [0, 0.1) is 0 Å². The SMILES string of the molecule is CCOC(=O)[C@H]1NCCc2[nH]cnc21. The van der Waals surface area contributed by atoms with E-state index in [1.807, 2.05) is 0 Å². The maximum absolute atomic E-state index is 11.5. The number of carbonyl (C=O) groups excluding carboxylic acids is 1. The van der Waals surface area contributed by atoms with E-state index in [1.54, 1.807) is 13.3 Å². The summed E-state index contributed by atoms with van der Waals surface area (Å²) < 4.78 is 4.95. The molecule has 5 nitrogen and oxygen atoms in total. The van der Waals surface area contributed by atoms with Crippen molar-refractivity contribution in [1.82, 2.24) is 15.3 Å². The molecule has 0 radical (unpaired) electrons. The van der Waals surface area contributed by atoms with Crippen molar-refractivity contribution in [1.29, 1.82) is 0 Å². The Morgan fingerprint density at radius 2 is 2.64 bits per heavy atom. The number of hydrogen-bond acceptors (Lipinski definition) is 4. The Morgan fingerprint density at radius 3 is 3.43 bits per heavy atom. The third-order valence-electron chi connectivity index (χ3n) is 2.27. The average molecular weight is 195 g/mol. The van der Waals surface area contributed by atoms with Crippen molar-refractivity contribution in [2.24, 2.45) is 0 Å². The zero-order valence-electron chi connectivity index (χ0n) is 8.04. The van der Waals surface area contributed by atoms with Gasteiger partial charge in [-0.3, -0.25) is 5.32 Å². The molecule has 1 atom stereocenters. The first kappa shape index (κ1) is 9.21. The molecule has 0 saturated carbocycles. The molecule has 0 fully saturated rings. The van der Waals surface area contributed by atoms with Crippen LogP contribution in [0.15, 0.2) is 6.33 Å². The summed E-state index contributed by atoms with van der Waals surface area (Å²) in [5.74, 6) is -0.249. The van der Waals surface area contributed by atoms with Crippen molar-refractivity contribution in [3.63, 3.8) is 0 Å². The Kier molecular flexibility index (Phi) is 2.49. The first-order valence-corrected chi connectivity index (χ1v) is 4.75. The van der Waals surface area contributed by atoms with Gasteiger partial charge in [0.15, 0.2) is 6.04 Å². The molecule has 0 unspecified atom stereocenters. The molecule has 0 aromatic carbocycles. The van der Waals surface area contributed by atoms with Crippen LogP contribution in [-0.4, -0.2) is 29.1 Å². The second kappa shape index (κ2) is 3.79. The predicted octanol–water partition coefficient (Wildman–Crippen LogP) is 0.160. The highest BCUT2D eigenvalue weighted by atomic mass is 16.5. The Bertz CT molecular complexity index is 335. The quantitative estimate of drug-likeness (QED) is 0.660. The lowest BCUT2D eigenvalue weighted by atomic mass is 10.1. The van der Waals surface area contributed by atoms with E-state index in [4.69, 9.17) is 4.74 Å². The van der Waals surface area contributed by atoms with Crippen molar-refractivity contribution in [3.05, 3.63) is 17.7 Å². The van der Waals surface area contributed by atoms with Crippen molar-refractivity contribution < 1.29 is 9.53 Å². The fraction of sp³-hybridized carbons (Fsp3) is 0.556. The monoisotopic (exact) mass is 195 g/mol. The van der Waals surface area contributed by atoms with Gasteiger partial charge in [0.05, 0.1) is 18.6 Å². The minimum atomic E-state index is -0.398. The molecule has 2 heterocycles. The van der Waals surface area contributed by atoms with Crippen molar-refractivity contribution in [2.75, 3.05) is 13.2 Å². The van der Waals surface area contributed by atoms with E-state index in [-0.39, 0.29) is 5.97 Å². The van der Waals surface area contributed by atoms with Crippen molar-refractivity contribution in [2.45, 2.75) is 19.4 Å². The van der Waals surface area contributed by atoms with Gasteiger partial charge in [-0.05, 0) is 6.92 Å². The topological polar surface area (TPSA) is 67.0 Å². The van der Waals surface area contributed by atoms with Gasteiger partial charge in [-0.25, -0.2) is 9.78 Å². The van der Waals surface area contributed by atoms with Crippen molar-refractivity contribution >= 4 is 5.97 Å². The van der Waals surface area contributed by atoms with Gasteiger partial charge in [-0.15, -0.1) is 0 Å². The maximum atomic E-state index is 11.5. The molecule has 1 aliphatic heterocycles. The number of H-pyrrole nitrogens is 1. The lowest BCUT2D eigenvalue weighted by molar-refractivity contribution is -0.146. The van der Waals surface area contributed by atoms with Gasteiger partial charge in [0.1, 0.15) is 0 Å². The van der Waals surface area contributed by atoms with E-state index in [0.717, 1.165) is 24.4 Å². The Hall–Kier alpha value is -1.36. The fourth-order valence-corrected chi connectivity index (χ4v) is 1.64. The lowest BCUT2D eigenvalue weighted by Crippen LogP contribution is -2.36. The molecular formula is C9H13N3O2. The molecule has 2 N–H and O–H groups in total. The second-order valence-corrected chi connectivity index (χ2v) is 3.16. The van der Waals surface area contributed by atoms with Crippen LogP contribution in [0.1, 0.15) is 24.4 Å². The van der Waals surface area contributed by atoms with Crippen LogP contribution in [0.3, 0.4) is 0 Å². The van der Waals surface area contributed by atoms with Gasteiger partial charge >= 0.3 is 5.97 Å². The maximum Gasteiger partial charge on any atom is 0.329 e. The van der Waals surface area contributed by atoms with E-state index in [2.05, 4.69) is 15.3 Å². The van der Waals surface area contributed by atoms with Gasteiger partial charge in [-0.1, -0.05) is 0 Å². The number of carbonyl (C=O) groups is 1. The van der Waals surface area contributed by atoms with E-state index < -0.39 is 6.04 Å². The molecule has 0 aliphatic carbocycles. The zero-order valence-corrected chi connectivity index (χ0v) is 8.04. The Labute approximate surface area is 81.9 Å². The largest absolute Gasteiger partial charge is 0.465 e. The van der Waals surface area contributed by atoms with Crippen LogP contribution in [0.4, 0.5) is 0 Å². The first-order valence-electron chi connectivity index (χ1n) is 4.75. The molecular weight excluding hydrogens is 182 g/mol. The average Bonchev–Trinajstić information content (AvgIpc) is 2.65. The molecule has 2 rings (SSSR count). The summed E-state index contributed by atoms with van der Waals surface area (Å²) in [5.41, 5.74) is 1.80. The van der Waals surface area contributed by atoms with Crippen LogP contribution in [0.25, 0.3) is 0 Å². The van der Waals surface area contributed by atoms with Crippen LogP contribution < -0.4 is 5.32 Å². The summed E-state index contributed by atoms with van der Waals surface area (Å²) in [5, 5.41) is 3.09. The molecule has 1 aromatic heterocycles. The van der Waals surface area contributed by atoms with E-state index >= 15 is 0 Å². The summed E-state index contributed by atoms with van der Waals surface area (Å²) in [7, 11) is 0. The summed E-state index contributed by atoms with van der Waals surface area (Å²) in [6.45, 7) is 2.97. The van der Waals surface area contributed by atoms with Gasteiger partial charge in [-0.2, -0.15) is 0 Å². The normalized spacial score (nSPS) is 20.2. The van der Waals surface area contributed by atoms with Crippen molar-refractivity contribution in [3.8, 4) is 0 Å². The van der Waals surface area contributed by atoms with Crippen LogP contribution >= 0.6 is 0 Å². The molecule has 1 aliphatic rings. The molecule has 5 heteroatoms. The number of fused-ring (bicyclic) bond motifs is 1. The van der Waals surface area contributed by atoms with Gasteiger partial charge in [0.2, 0.25) is 0 Å². The number of aromatic amines is 1. The number of imidazole rings is 1. The molecule has 76 valence electrons. The summed E-state index contributed by atoms with van der Waals surface area (Å²) in [4.78, 5) is 18.7. The summed E-state index contributed by atoms with van der Waals surface area (Å²) >= 11 is 0. The van der Waals surface area contributed by atoms with Crippen LogP contribution in [0.5, 0.6) is 0 Å². The molecule has 0 saturated heterocycles. The predicted molar refractivity (Wildman–Crippen MR) is 49.7 cm³/mol. The van der Waals surface area contributed by atoms with E-state index in [0.29, 0.717) is 6.61 Å². The minimum absolute atomic E-state index is 0.249. The highest BCUT2D eigenvalue weighted by Gasteiger charge is 2.29. The van der Waals surface area contributed by atoms with Crippen LogP contribution in [0.2, 0.25) is 0 Å². The number of nitrogens with zero attached hydrogens (tertiary/aromatic N) is 1. The summed E-state index contributed by atoms with van der Waals surface area (Å²) in [6.07, 6.45) is 2.50. The first-order chi connectivity index (χ1) is 6.83. The molecule has 1 aromatic rings. The number of esters is 1. The van der Waals surface area contributed by atoms with Crippen LogP contribution in [-0.2, 0) is 16.0 Å². The smallest absolute Gasteiger partial charge is 0.329 e. The summed E-state index contributed by atoms with van der Waals surface area (Å²) in [6, 6.07) is -0.398. The molecule has 0 bridgehead atoms. The number of hydrogen-bond donors (Lipinski definition) is 2. The Balaban J connectivity index is 2.19. The zero-order chi connectivity index (χ0) is 9.97. The van der Waals surface area contributed by atoms with E-state index in [9.17, 15) is 4.79 Å². The lowest BCUT2D eigenvalue weighted by Gasteiger charge is -2.20. The third-order valence-corrected chi connectivity index (χ3v) is 2.27. The number of aromatic nitrogens is 2. The standard InChI is InChI=1S/C9H13N3O2/c1-2-14-9(13)8-7-6(3-4-10-8)11-5-12-7/h5,8,10H,2-4H2,1H3,(H,11,12)/t8-/m0/s1. The minimum Gasteiger partial charge on any atom is -0.465 e. The van der Waals surface area contributed by atoms with Gasteiger partial charge in [0.25, 0.3) is 0 Å². The second-order valence-electron chi connectivity index (χ2n) is 3.16. The fourth-order valence-electron chi connectivity index (χ4n) is 1.64. The number of rotatable bonds is 2. The number of nitrogens with one attached hydrogen (secondary N) is 2. The third kappa shape index (κ3) is 1.50. The molecule has 14 heavy (non-hydrogen) atoms. The van der Waals surface area contributed by atoms with E-state index in [1.165, 1.54) is 0 Å². The van der Waals surface area contributed by atoms with Gasteiger partial charge in [0, 0.05) is 18.7 Å². The Morgan fingerprint density at radius 1 is 1.79 bits per heavy atom.